The first-order valence-electron chi connectivity index (χ1n) is 7.10. The first kappa shape index (κ1) is 15.4. The van der Waals surface area contributed by atoms with Crippen LogP contribution in [0.4, 0.5) is 11.4 Å². The molecular weight excluding hydrogens is 264 g/mol. The summed E-state index contributed by atoms with van der Waals surface area (Å²) in [6.07, 6.45) is 1.90. The molecule has 4 heteroatoms. The topological polar surface area (TPSA) is 92.5 Å². The van der Waals surface area contributed by atoms with Crippen LogP contribution in [-0.4, -0.2) is 23.4 Å². The summed E-state index contributed by atoms with van der Waals surface area (Å²) in [6.45, 7) is 0.217. The number of anilines is 2. The minimum atomic E-state index is 0.108. The number of aliphatic hydroxyl groups is 2. The lowest BCUT2D eigenvalue weighted by atomic mass is 9.93. The number of hydrogen-bond acceptors (Lipinski definition) is 4. The minimum Gasteiger partial charge on any atom is -0.399 e. The van der Waals surface area contributed by atoms with Crippen LogP contribution in [0.15, 0.2) is 36.4 Å². The van der Waals surface area contributed by atoms with Gasteiger partial charge in [0.1, 0.15) is 0 Å². The Morgan fingerprint density at radius 2 is 1.10 bits per heavy atom. The molecule has 0 radical (unpaired) electrons. The number of aliphatic hydroxyl groups excluding tert-OH is 2. The Labute approximate surface area is 125 Å². The Bertz CT molecular complexity index is 558. The van der Waals surface area contributed by atoms with E-state index in [2.05, 4.69) is 0 Å². The molecule has 0 atom stereocenters. The third-order valence-corrected chi connectivity index (χ3v) is 3.60. The zero-order valence-corrected chi connectivity index (χ0v) is 12.0. The second-order valence-electron chi connectivity index (χ2n) is 5.18. The van der Waals surface area contributed by atoms with Gasteiger partial charge in [-0.05, 0) is 65.8 Å². The highest BCUT2D eigenvalue weighted by Gasteiger charge is 2.08. The Balaban J connectivity index is 2.37. The van der Waals surface area contributed by atoms with Crippen molar-refractivity contribution in [1.82, 2.24) is 0 Å². The molecule has 0 aliphatic heterocycles. The summed E-state index contributed by atoms with van der Waals surface area (Å²) in [5.41, 5.74) is 17.5. The summed E-state index contributed by atoms with van der Waals surface area (Å²) in [5, 5.41) is 18.4. The number of nitrogen functional groups attached to an aromatic ring is 2. The van der Waals surface area contributed by atoms with Crippen molar-refractivity contribution in [3.05, 3.63) is 58.7 Å². The van der Waals surface area contributed by atoms with Gasteiger partial charge in [0.05, 0.1) is 0 Å². The van der Waals surface area contributed by atoms with E-state index in [0.717, 1.165) is 22.3 Å². The Kier molecular flexibility index (Phi) is 5.20. The second kappa shape index (κ2) is 7.11. The molecule has 21 heavy (non-hydrogen) atoms. The molecule has 0 aromatic heterocycles. The molecule has 0 unspecified atom stereocenters. The predicted octanol–water partition coefficient (Wildman–Crippen LogP) is 1.51. The largest absolute Gasteiger partial charge is 0.399 e. The summed E-state index contributed by atoms with van der Waals surface area (Å²) < 4.78 is 0. The third kappa shape index (κ3) is 3.97. The molecule has 2 rings (SSSR count). The van der Waals surface area contributed by atoms with E-state index in [0.29, 0.717) is 30.6 Å². The summed E-state index contributed by atoms with van der Waals surface area (Å²) in [4.78, 5) is 0. The van der Waals surface area contributed by atoms with Gasteiger partial charge in [-0.2, -0.15) is 0 Å². The molecule has 0 spiro atoms. The van der Waals surface area contributed by atoms with E-state index in [1.165, 1.54) is 0 Å². The van der Waals surface area contributed by atoms with Gasteiger partial charge in [0, 0.05) is 24.6 Å². The third-order valence-electron chi connectivity index (χ3n) is 3.60. The fourth-order valence-electron chi connectivity index (χ4n) is 2.55. The highest BCUT2D eigenvalue weighted by Crippen LogP contribution is 2.22. The Morgan fingerprint density at radius 1 is 0.667 bits per heavy atom. The summed E-state index contributed by atoms with van der Waals surface area (Å²) in [7, 11) is 0. The van der Waals surface area contributed by atoms with Gasteiger partial charge in [0.15, 0.2) is 0 Å². The fraction of sp³-hybridized carbons (Fsp3) is 0.294. The predicted molar refractivity (Wildman–Crippen MR) is 86.1 cm³/mol. The molecule has 0 fully saturated rings. The van der Waals surface area contributed by atoms with Crippen LogP contribution in [0, 0.1) is 0 Å². The number of nitrogens with two attached hydrogens (primary N) is 2. The highest BCUT2D eigenvalue weighted by atomic mass is 16.3. The van der Waals surface area contributed by atoms with E-state index in [1.807, 2.05) is 36.4 Å². The molecule has 0 heterocycles. The van der Waals surface area contributed by atoms with Gasteiger partial charge in [-0.1, -0.05) is 12.1 Å². The van der Waals surface area contributed by atoms with Crippen LogP contribution < -0.4 is 11.5 Å². The molecule has 0 aliphatic rings. The normalized spacial score (nSPS) is 10.8. The highest BCUT2D eigenvalue weighted by molar-refractivity contribution is 5.50. The average Bonchev–Trinajstić information content (AvgIpc) is 2.45. The van der Waals surface area contributed by atoms with Crippen LogP contribution in [0.5, 0.6) is 0 Å². The first-order chi connectivity index (χ1) is 10.1. The van der Waals surface area contributed by atoms with Crippen LogP contribution in [-0.2, 0) is 19.3 Å². The van der Waals surface area contributed by atoms with Crippen molar-refractivity contribution in [1.29, 1.82) is 0 Å². The SMILES string of the molecule is Nc1ccc(CCO)c(Cc2cc(N)ccc2CCO)c1. The van der Waals surface area contributed by atoms with E-state index < -0.39 is 0 Å². The average molecular weight is 286 g/mol. The molecule has 6 N–H and O–H groups in total. The smallest absolute Gasteiger partial charge is 0.0471 e. The number of hydrogen-bond donors (Lipinski definition) is 4. The van der Waals surface area contributed by atoms with Crippen molar-refractivity contribution in [3.63, 3.8) is 0 Å². The van der Waals surface area contributed by atoms with Gasteiger partial charge in [-0.3, -0.25) is 0 Å². The Hall–Kier alpha value is -2.04. The summed E-state index contributed by atoms with van der Waals surface area (Å²) in [5.74, 6) is 0. The van der Waals surface area contributed by atoms with Crippen molar-refractivity contribution in [3.8, 4) is 0 Å². The minimum absolute atomic E-state index is 0.108. The monoisotopic (exact) mass is 286 g/mol. The zero-order valence-electron chi connectivity index (χ0n) is 12.0. The fourth-order valence-corrected chi connectivity index (χ4v) is 2.55. The van der Waals surface area contributed by atoms with Crippen LogP contribution in [0.2, 0.25) is 0 Å². The molecule has 0 bridgehead atoms. The van der Waals surface area contributed by atoms with Crippen LogP contribution in [0.1, 0.15) is 22.3 Å². The molecule has 4 nitrogen and oxygen atoms in total. The molecular formula is C17H22N2O2. The Morgan fingerprint density at radius 3 is 1.48 bits per heavy atom. The van der Waals surface area contributed by atoms with Crippen molar-refractivity contribution in [2.45, 2.75) is 19.3 Å². The van der Waals surface area contributed by atoms with Gasteiger partial charge in [0.25, 0.3) is 0 Å². The van der Waals surface area contributed by atoms with Gasteiger partial charge in [-0.15, -0.1) is 0 Å². The lowest BCUT2D eigenvalue weighted by Crippen LogP contribution is -2.04. The van der Waals surface area contributed by atoms with Gasteiger partial charge < -0.3 is 21.7 Å². The zero-order chi connectivity index (χ0) is 15.2. The van der Waals surface area contributed by atoms with E-state index in [1.54, 1.807) is 0 Å². The van der Waals surface area contributed by atoms with Gasteiger partial charge in [0.2, 0.25) is 0 Å². The van der Waals surface area contributed by atoms with Crippen molar-refractivity contribution in [2.75, 3.05) is 24.7 Å². The lowest BCUT2D eigenvalue weighted by molar-refractivity contribution is 0.299. The summed E-state index contributed by atoms with van der Waals surface area (Å²) in [6, 6.07) is 11.5. The molecule has 0 saturated carbocycles. The molecule has 0 amide bonds. The summed E-state index contributed by atoms with van der Waals surface area (Å²) >= 11 is 0. The van der Waals surface area contributed by atoms with E-state index in [-0.39, 0.29) is 13.2 Å². The van der Waals surface area contributed by atoms with Crippen molar-refractivity contribution >= 4 is 11.4 Å². The quantitative estimate of drug-likeness (QED) is 0.606. The van der Waals surface area contributed by atoms with Crippen LogP contribution >= 0.6 is 0 Å². The molecule has 2 aromatic rings. The van der Waals surface area contributed by atoms with Crippen molar-refractivity contribution < 1.29 is 10.2 Å². The lowest BCUT2D eigenvalue weighted by Gasteiger charge is -2.14. The number of benzene rings is 2. The van der Waals surface area contributed by atoms with E-state index in [9.17, 15) is 10.2 Å². The van der Waals surface area contributed by atoms with Crippen LogP contribution in [0.3, 0.4) is 0 Å². The van der Waals surface area contributed by atoms with E-state index >= 15 is 0 Å². The number of rotatable bonds is 6. The second-order valence-corrected chi connectivity index (χ2v) is 5.18. The molecule has 112 valence electrons. The first-order valence-corrected chi connectivity index (χ1v) is 7.10. The van der Waals surface area contributed by atoms with Gasteiger partial charge >= 0.3 is 0 Å². The standard InChI is InChI=1S/C17H22N2O2/c18-16-3-1-12(5-7-20)14(10-16)9-15-11-17(19)4-2-13(15)6-8-21/h1-4,10-11,20-21H,5-9,18-19H2. The molecule has 0 aliphatic carbocycles. The maximum atomic E-state index is 9.18. The molecule has 0 saturated heterocycles. The van der Waals surface area contributed by atoms with Crippen molar-refractivity contribution in [2.24, 2.45) is 0 Å². The van der Waals surface area contributed by atoms with Crippen LogP contribution in [0.25, 0.3) is 0 Å². The van der Waals surface area contributed by atoms with E-state index in [4.69, 9.17) is 11.5 Å². The maximum absolute atomic E-state index is 9.18. The van der Waals surface area contributed by atoms with Gasteiger partial charge in [-0.25, -0.2) is 0 Å². The maximum Gasteiger partial charge on any atom is 0.0471 e. The molecule has 2 aromatic carbocycles.